The molecule has 0 unspecified atom stereocenters. The van der Waals surface area contributed by atoms with Crippen LogP contribution in [-0.2, 0) is 24.1 Å². The van der Waals surface area contributed by atoms with Crippen molar-refractivity contribution in [3.8, 4) is 11.5 Å². The first-order valence-corrected chi connectivity index (χ1v) is 11.9. The average Bonchev–Trinajstić information content (AvgIpc) is 2.89. The van der Waals surface area contributed by atoms with Crippen molar-refractivity contribution >= 4 is 33.9 Å². The number of rotatable bonds is 7. The zero-order valence-electron chi connectivity index (χ0n) is 20.1. The molecule has 0 radical (unpaired) electrons. The van der Waals surface area contributed by atoms with E-state index in [4.69, 9.17) is 14.5 Å². The Labute approximate surface area is 205 Å². The second-order valence-corrected chi connectivity index (χ2v) is 8.75. The van der Waals surface area contributed by atoms with E-state index in [2.05, 4.69) is 10.6 Å². The number of hydrogen-bond acceptors (Lipinski definition) is 5. The summed E-state index contributed by atoms with van der Waals surface area (Å²) in [6, 6.07) is 21.4. The molecule has 0 saturated carbocycles. The number of carbonyl (C=O) groups is 1. The molecule has 178 valence electrons. The highest BCUT2D eigenvalue weighted by Gasteiger charge is 2.20. The summed E-state index contributed by atoms with van der Waals surface area (Å²) in [5.74, 6) is 1.49. The highest BCUT2D eigenvalue weighted by Crippen LogP contribution is 2.38. The van der Waals surface area contributed by atoms with E-state index in [1.165, 1.54) is 5.56 Å². The Kier molecular flexibility index (Phi) is 6.53. The number of nitrogens with one attached hydrogen (secondary N) is 2. The SMILES string of the molecule is COc1ccc(CC(=O)Nc2ccc3nc4c(c(Nc5ccccc5OC)c3c2)CCCC4)cc1. The molecular weight excluding hydrogens is 438 g/mol. The smallest absolute Gasteiger partial charge is 0.228 e. The van der Waals surface area contributed by atoms with Gasteiger partial charge >= 0.3 is 0 Å². The second-order valence-electron chi connectivity index (χ2n) is 8.75. The molecule has 0 fully saturated rings. The summed E-state index contributed by atoms with van der Waals surface area (Å²) in [5, 5.41) is 7.68. The minimum atomic E-state index is -0.0697. The quantitative estimate of drug-likeness (QED) is 0.346. The van der Waals surface area contributed by atoms with Crippen LogP contribution in [0.1, 0.15) is 29.7 Å². The lowest BCUT2D eigenvalue weighted by Gasteiger charge is -2.23. The Morgan fingerprint density at radius 1 is 0.943 bits per heavy atom. The fourth-order valence-electron chi connectivity index (χ4n) is 4.66. The van der Waals surface area contributed by atoms with E-state index in [9.17, 15) is 4.79 Å². The summed E-state index contributed by atoms with van der Waals surface area (Å²) in [4.78, 5) is 17.7. The third-order valence-electron chi connectivity index (χ3n) is 6.44. The molecule has 3 aromatic carbocycles. The van der Waals surface area contributed by atoms with E-state index >= 15 is 0 Å². The third-order valence-corrected chi connectivity index (χ3v) is 6.44. The van der Waals surface area contributed by atoms with Gasteiger partial charge in [0.2, 0.25) is 5.91 Å². The monoisotopic (exact) mass is 467 g/mol. The maximum Gasteiger partial charge on any atom is 0.228 e. The summed E-state index contributed by atoms with van der Waals surface area (Å²) in [6.45, 7) is 0. The molecule has 0 aliphatic heterocycles. The highest BCUT2D eigenvalue weighted by atomic mass is 16.5. The molecule has 5 rings (SSSR count). The maximum absolute atomic E-state index is 12.8. The van der Waals surface area contributed by atoms with Gasteiger partial charge in [-0.25, -0.2) is 0 Å². The van der Waals surface area contributed by atoms with Gasteiger partial charge in [-0.05, 0) is 79.3 Å². The highest BCUT2D eigenvalue weighted by molar-refractivity contribution is 6.00. The van der Waals surface area contributed by atoms with Gasteiger partial charge in [-0.2, -0.15) is 0 Å². The van der Waals surface area contributed by atoms with Crippen LogP contribution in [0.2, 0.25) is 0 Å². The molecular formula is C29H29N3O3. The van der Waals surface area contributed by atoms with E-state index in [0.717, 1.165) is 76.4 Å². The molecule has 2 N–H and O–H groups in total. The molecule has 1 aliphatic carbocycles. The molecule has 1 heterocycles. The van der Waals surface area contributed by atoms with Crippen LogP contribution in [0.4, 0.5) is 17.1 Å². The van der Waals surface area contributed by atoms with Gasteiger partial charge in [-0.1, -0.05) is 24.3 Å². The van der Waals surface area contributed by atoms with Crippen LogP contribution in [0.25, 0.3) is 10.9 Å². The van der Waals surface area contributed by atoms with Crippen molar-refractivity contribution in [3.63, 3.8) is 0 Å². The van der Waals surface area contributed by atoms with E-state index in [0.29, 0.717) is 0 Å². The molecule has 6 nitrogen and oxygen atoms in total. The predicted octanol–water partition coefficient (Wildman–Crippen LogP) is 6.06. The average molecular weight is 468 g/mol. The van der Waals surface area contributed by atoms with Gasteiger partial charge < -0.3 is 20.1 Å². The Hall–Kier alpha value is -4.06. The molecule has 35 heavy (non-hydrogen) atoms. The molecule has 4 aromatic rings. The van der Waals surface area contributed by atoms with Gasteiger partial charge in [-0.3, -0.25) is 9.78 Å². The number of fused-ring (bicyclic) bond motifs is 2. The first kappa shape index (κ1) is 22.7. The summed E-state index contributed by atoms with van der Waals surface area (Å²) < 4.78 is 10.8. The summed E-state index contributed by atoms with van der Waals surface area (Å²) in [5.41, 5.74) is 6.93. The minimum absolute atomic E-state index is 0.0697. The Balaban J connectivity index is 1.48. The number of amides is 1. The number of aryl methyl sites for hydroxylation is 1. The van der Waals surface area contributed by atoms with Crippen LogP contribution < -0.4 is 20.1 Å². The van der Waals surface area contributed by atoms with Crippen LogP contribution >= 0.6 is 0 Å². The normalized spacial score (nSPS) is 12.6. The van der Waals surface area contributed by atoms with Gasteiger partial charge in [0.05, 0.1) is 37.5 Å². The van der Waals surface area contributed by atoms with Crippen molar-refractivity contribution < 1.29 is 14.3 Å². The molecule has 1 aromatic heterocycles. The van der Waals surface area contributed by atoms with Gasteiger partial charge in [0.15, 0.2) is 0 Å². The van der Waals surface area contributed by atoms with Crippen LogP contribution in [0.3, 0.4) is 0 Å². The first-order valence-electron chi connectivity index (χ1n) is 11.9. The van der Waals surface area contributed by atoms with Crippen molar-refractivity contribution in [1.82, 2.24) is 4.98 Å². The number of hydrogen-bond donors (Lipinski definition) is 2. The number of methoxy groups -OCH3 is 2. The van der Waals surface area contributed by atoms with E-state index in [1.807, 2.05) is 66.7 Å². The number of ether oxygens (including phenoxy) is 2. The molecule has 1 amide bonds. The van der Waals surface area contributed by atoms with Crippen LogP contribution in [0, 0.1) is 0 Å². The summed E-state index contributed by atoms with van der Waals surface area (Å²) >= 11 is 0. The molecule has 6 heteroatoms. The molecule has 0 atom stereocenters. The van der Waals surface area contributed by atoms with Crippen molar-refractivity contribution in [2.24, 2.45) is 0 Å². The van der Waals surface area contributed by atoms with Crippen LogP contribution in [0.5, 0.6) is 11.5 Å². The Morgan fingerprint density at radius 3 is 2.54 bits per heavy atom. The Morgan fingerprint density at radius 2 is 1.74 bits per heavy atom. The molecule has 0 saturated heterocycles. The fourth-order valence-corrected chi connectivity index (χ4v) is 4.66. The van der Waals surface area contributed by atoms with Crippen LogP contribution in [-0.4, -0.2) is 25.1 Å². The van der Waals surface area contributed by atoms with Gasteiger partial charge in [0.1, 0.15) is 11.5 Å². The van der Waals surface area contributed by atoms with Gasteiger partial charge in [-0.15, -0.1) is 0 Å². The Bertz CT molecular complexity index is 1370. The van der Waals surface area contributed by atoms with Crippen molar-refractivity contribution in [2.45, 2.75) is 32.1 Å². The largest absolute Gasteiger partial charge is 0.497 e. The van der Waals surface area contributed by atoms with Crippen LogP contribution in [0.15, 0.2) is 66.7 Å². The van der Waals surface area contributed by atoms with Gasteiger partial charge in [0.25, 0.3) is 0 Å². The fraction of sp³-hybridized carbons (Fsp3) is 0.241. The lowest BCUT2D eigenvalue weighted by Crippen LogP contribution is -2.14. The van der Waals surface area contributed by atoms with E-state index < -0.39 is 0 Å². The topological polar surface area (TPSA) is 72.5 Å². The van der Waals surface area contributed by atoms with E-state index in [1.54, 1.807) is 14.2 Å². The predicted molar refractivity (Wildman–Crippen MR) is 140 cm³/mol. The second kappa shape index (κ2) is 10.1. The zero-order valence-corrected chi connectivity index (χ0v) is 20.1. The molecule has 0 bridgehead atoms. The zero-order chi connectivity index (χ0) is 24.2. The number of benzene rings is 3. The van der Waals surface area contributed by atoms with Gasteiger partial charge in [0, 0.05) is 16.8 Å². The number of nitrogens with zero attached hydrogens (tertiary/aromatic N) is 1. The minimum Gasteiger partial charge on any atom is -0.497 e. The molecule has 1 aliphatic rings. The lowest BCUT2D eigenvalue weighted by molar-refractivity contribution is -0.115. The van der Waals surface area contributed by atoms with Crippen molar-refractivity contribution in [1.29, 1.82) is 0 Å². The maximum atomic E-state index is 12.8. The van der Waals surface area contributed by atoms with Crippen molar-refractivity contribution in [2.75, 3.05) is 24.9 Å². The number of para-hydroxylation sites is 2. The first-order chi connectivity index (χ1) is 17.1. The van der Waals surface area contributed by atoms with Crippen molar-refractivity contribution in [3.05, 3.63) is 83.6 Å². The number of carbonyl (C=O) groups excluding carboxylic acids is 1. The lowest BCUT2D eigenvalue weighted by atomic mass is 9.92. The number of anilines is 3. The summed E-state index contributed by atoms with van der Waals surface area (Å²) in [7, 11) is 3.31. The number of aromatic nitrogens is 1. The molecule has 0 spiro atoms. The standard InChI is InChI=1S/C29H29N3O3/c1-34-21-14-11-19(12-15-21)17-28(33)30-20-13-16-25-23(18-20)29(22-7-3-4-8-24(22)31-25)32-26-9-5-6-10-27(26)35-2/h5-6,9-16,18H,3-4,7-8,17H2,1-2H3,(H,30,33)(H,31,32). The summed E-state index contributed by atoms with van der Waals surface area (Å²) in [6.07, 6.45) is 4.53. The number of pyridine rings is 1. The van der Waals surface area contributed by atoms with E-state index in [-0.39, 0.29) is 12.3 Å². The third kappa shape index (κ3) is 4.92.